The van der Waals surface area contributed by atoms with E-state index in [4.69, 9.17) is 4.42 Å². The molecule has 1 N–H and O–H groups in total. The molecule has 0 unspecified atom stereocenters. The molecular weight excluding hydrogens is 382 g/mol. The third-order valence-corrected chi connectivity index (χ3v) is 6.27. The summed E-state index contributed by atoms with van der Waals surface area (Å²) < 4.78 is 8.51. The zero-order valence-electron chi connectivity index (χ0n) is 18.1. The number of aromatic nitrogens is 3. The van der Waals surface area contributed by atoms with E-state index in [1.807, 2.05) is 17.4 Å². The van der Waals surface area contributed by atoms with Crippen molar-refractivity contribution >= 4 is 22.5 Å². The van der Waals surface area contributed by atoms with Crippen molar-refractivity contribution in [2.75, 3.05) is 13.1 Å². The summed E-state index contributed by atoms with van der Waals surface area (Å²) in [6.45, 7) is 8.05. The molecule has 3 aromatic heterocycles. The summed E-state index contributed by atoms with van der Waals surface area (Å²) in [7, 11) is 0. The molecule has 0 saturated carbocycles. The van der Waals surface area contributed by atoms with Gasteiger partial charge in [0.25, 0.3) is 5.56 Å². The highest BCUT2D eigenvalue weighted by Gasteiger charge is 2.23. The van der Waals surface area contributed by atoms with E-state index < -0.39 is 0 Å². The first-order chi connectivity index (χ1) is 14.5. The fraction of sp³-hybridized carbons (Fsp3) is 0.591. The van der Waals surface area contributed by atoms with Crippen LogP contribution in [0.15, 0.2) is 27.6 Å². The molecule has 30 heavy (non-hydrogen) atoms. The molecule has 0 aliphatic carbocycles. The zero-order chi connectivity index (χ0) is 21.3. The number of hydrogen-bond donors (Lipinski definition) is 1. The maximum Gasteiger partial charge on any atom is 0.291 e. The first-order valence-electron chi connectivity index (χ1n) is 11.0. The molecule has 0 spiro atoms. The number of rotatable bonds is 7. The van der Waals surface area contributed by atoms with Crippen LogP contribution in [0.1, 0.15) is 52.3 Å². The monoisotopic (exact) mass is 413 g/mol. The largest absolute Gasteiger partial charge is 0.463 e. The Labute approximate surface area is 175 Å². The van der Waals surface area contributed by atoms with Crippen molar-refractivity contribution in [2.45, 2.75) is 71.5 Å². The number of fused-ring (bicyclic) bond motifs is 3. The second-order valence-corrected chi connectivity index (χ2v) is 8.34. The second kappa shape index (κ2) is 8.63. The number of amides is 1. The lowest BCUT2D eigenvalue weighted by atomic mass is 9.97. The van der Waals surface area contributed by atoms with Gasteiger partial charge in [-0.05, 0) is 33.1 Å². The Bertz CT molecular complexity index is 1090. The van der Waals surface area contributed by atoms with Crippen molar-refractivity contribution in [3.63, 3.8) is 0 Å². The van der Waals surface area contributed by atoms with Crippen LogP contribution in [0.4, 0.5) is 0 Å². The molecule has 3 aromatic rings. The quantitative estimate of drug-likeness (QED) is 0.602. The molecule has 4 heterocycles. The average molecular weight is 414 g/mol. The topological polar surface area (TPSA) is 84.8 Å². The SMILES string of the molecule is CCc1nn(CC(=O)NCCCN2[C@H](C)CCC[C@H]2C)c(=O)c2cc3occc3n12. The Morgan fingerprint density at radius 3 is 2.77 bits per heavy atom. The molecule has 2 atom stereocenters. The fourth-order valence-corrected chi connectivity index (χ4v) is 4.66. The minimum absolute atomic E-state index is 0.0780. The number of hydrogen-bond acceptors (Lipinski definition) is 5. The van der Waals surface area contributed by atoms with Crippen LogP contribution < -0.4 is 10.9 Å². The highest BCUT2D eigenvalue weighted by molar-refractivity contribution is 5.82. The molecule has 1 aliphatic heterocycles. The summed E-state index contributed by atoms with van der Waals surface area (Å²) in [6.07, 6.45) is 6.93. The molecule has 4 rings (SSSR count). The van der Waals surface area contributed by atoms with E-state index in [-0.39, 0.29) is 18.0 Å². The summed E-state index contributed by atoms with van der Waals surface area (Å²) in [5.41, 5.74) is 1.66. The van der Waals surface area contributed by atoms with Crippen LogP contribution in [-0.4, -0.2) is 50.2 Å². The molecular formula is C22H31N5O3. The number of furan rings is 1. The number of nitrogens with zero attached hydrogens (tertiary/aromatic N) is 4. The number of aryl methyl sites for hydroxylation is 1. The molecule has 1 fully saturated rings. The fourth-order valence-electron chi connectivity index (χ4n) is 4.66. The molecule has 1 saturated heterocycles. The minimum atomic E-state index is -0.287. The zero-order valence-corrected chi connectivity index (χ0v) is 18.1. The van der Waals surface area contributed by atoms with Gasteiger partial charge in [0.05, 0.1) is 11.8 Å². The van der Waals surface area contributed by atoms with Gasteiger partial charge in [-0.3, -0.25) is 18.9 Å². The summed E-state index contributed by atoms with van der Waals surface area (Å²) in [6, 6.07) is 4.75. The van der Waals surface area contributed by atoms with Gasteiger partial charge in [0.15, 0.2) is 5.58 Å². The number of carbonyl (C=O) groups is 1. The predicted octanol–water partition coefficient (Wildman–Crippen LogP) is 2.57. The van der Waals surface area contributed by atoms with Gasteiger partial charge in [0, 0.05) is 43.7 Å². The first kappa shape index (κ1) is 20.7. The van der Waals surface area contributed by atoms with Crippen molar-refractivity contribution in [2.24, 2.45) is 0 Å². The molecule has 0 bridgehead atoms. The van der Waals surface area contributed by atoms with Gasteiger partial charge in [-0.1, -0.05) is 13.3 Å². The van der Waals surface area contributed by atoms with Crippen LogP contribution in [0.5, 0.6) is 0 Å². The summed E-state index contributed by atoms with van der Waals surface area (Å²) >= 11 is 0. The lowest BCUT2D eigenvalue weighted by Gasteiger charge is -2.39. The van der Waals surface area contributed by atoms with Gasteiger partial charge < -0.3 is 9.73 Å². The van der Waals surface area contributed by atoms with Crippen molar-refractivity contribution < 1.29 is 9.21 Å². The lowest BCUT2D eigenvalue weighted by molar-refractivity contribution is -0.121. The normalized spacial score (nSPS) is 20.2. The predicted molar refractivity (Wildman–Crippen MR) is 116 cm³/mol. The smallest absolute Gasteiger partial charge is 0.291 e. The van der Waals surface area contributed by atoms with Crippen LogP contribution in [0.3, 0.4) is 0 Å². The van der Waals surface area contributed by atoms with Crippen LogP contribution in [0, 0.1) is 0 Å². The van der Waals surface area contributed by atoms with Crippen LogP contribution in [-0.2, 0) is 17.8 Å². The average Bonchev–Trinajstić information content (AvgIpc) is 3.31. The van der Waals surface area contributed by atoms with E-state index >= 15 is 0 Å². The number of carbonyl (C=O) groups excluding carboxylic acids is 1. The lowest BCUT2D eigenvalue weighted by Crippen LogP contribution is -2.45. The number of nitrogens with one attached hydrogen (secondary N) is 1. The maximum absolute atomic E-state index is 12.9. The van der Waals surface area contributed by atoms with E-state index in [1.165, 1.54) is 23.9 Å². The molecule has 1 amide bonds. The Morgan fingerprint density at radius 1 is 1.27 bits per heavy atom. The molecule has 0 radical (unpaired) electrons. The van der Waals surface area contributed by atoms with E-state index in [1.54, 1.807) is 12.3 Å². The van der Waals surface area contributed by atoms with Crippen molar-refractivity contribution in [1.82, 2.24) is 24.4 Å². The highest BCUT2D eigenvalue weighted by Crippen LogP contribution is 2.22. The summed E-state index contributed by atoms with van der Waals surface area (Å²) in [5.74, 6) is 0.535. The van der Waals surface area contributed by atoms with E-state index in [9.17, 15) is 9.59 Å². The first-order valence-corrected chi connectivity index (χ1v) is 11.0. The Kier molecular flexibility index (Phi) is 5.94. The van der Waals surface area contributed by atoms with Crippen LogP contribution in [0.25, 0.3) is 16.6 Å². The third-order valence-electron chi connectivity index (χ3n) is 6.27. The highest BCUT2D eigenvalue weighted by atomic mass is 16.3. The van der Waals surface area contributed by atoms with Gasteiger partial charge >= 0.3 is 0 Å². The molecule has 8 nitrogen and oxygen atoms in total. The summed E-state index contributed by atoms with van der Waals surface area (Å²) in [5, 5.41) is 7.38. The minimum Gasteiger partial charge on any atom is -0.463 e. The maximum atomic E-state index is 12.9. The number of likely N-dealkylation sites (tertiary alicyclic amines) is 1. The van der Waals surface area contributed by atoms with E-state index in [0.29, 0.717) is 36.1 Å². The number of piperidine rings is 1. The summed E-state index contributed by atoms with van der Waals surface area (Å²) in [4.78, 5) is 27.8. The second-order valence-electron chi connectivity index (χ2n) is 8.34. The van der Waals surface area contributed by atoms with Gasteiger partial charge in [-0.15, -0.1) is 0 Å². The van der Waals surface area contributed by atoms with Gasteiger partial charge in [0.2, 0.25) is 5.91 Å². The van der Waals surface area contributed by atoms with Crippen LogP contribution in [0.2, 0.25) is 0 Å². The molecule has 8 heteroatoms. The van der Waals surface area contributed by atoms with E-state index in [2.05, 4.69) is 29.2 Å². The van der Waals surface area contributed by atoms with Crippen molar-refractivity contribution in [1.29, 1.82) is 0 Å². The van der Waals surface area contributed by atoms with Crippen molar-refractivity contribution in [3.05, 3.63) is 34.6 Å². The van der Waals surface area contributed by atoms with Crippen LogP contribution >= 0.6 is 0 Å². The Hall–Kier alpha value is -2.61. The van der Waals surface area contributed by atoms with Gasteiger partial charge in [-0.2, -0.15) is 5.10 Å². The molecule has 1 aliphatic rings. The van der Waals surface area contributed by atoms with E-state index in [0.717, 1.165) is 24.3 Å². The van der Waals surface area contributed by atoms with Gasteiger partial charge in [-0.25, -0.2) is 4.68 Å². The Morgan fingerprint density at radius 2 is 2.03 bits per heavy atom. The standard InChI is InChI=1S/C22H31N5O3/c1-4-20-24-26(22(29)18-13-19-17(27(18)20)9-12-30-19)14-21(28)23-10-6-11-25-15(2)7-5-8-16(25)3/h9,12-13,15-16H,4-8,10-11,14H2,1-3H3,(H,23,28)/t15-,16-/m1/s1. The van der Waals surface area contributed by atoms with Crippen molar-refractivity contribution in [3.8, 4) is 0 Å². The Balaban J connectivity index is 1.39. The molecule has 162 valence electrons. The third kappa shape index (κ3) is 3.88. The van der Waals surface area contributed by atoms with Gasteiger partial charge in [0.1, 0.15) is 17.9 Å². The molecule has 0 aromatic carbocycles.